The molecule has 0 atom stereocenters. The van der Waals surface area contributed by atoms with Crippen LogP contribution in [0.3, 0.4) is 0 Å². The molecule has 0 aliphatic heterocycles. The minimum Gasteiger partial charge on any atom is -0.488 e. The van der Waals surface area contributed by atoms with Gasteiger partial charge >= 0.3 is 0 Å². The lowest BCUT2D eigenvalue weighted by Crippen LogP contribution is -2.30. The molecule has 0 radical (unpaired) electrons. The van der Waals surface area contributed by atoms with E-state index in [1.54, 1.807) is 36.7 Å². The first-order valence-electron chi connectivity index (χ1n) is 11.8. The minimum atomic E-state index is -0.961. The van der Waals surface area contributed by atoms with Gasteiger partial charge in [0.2, 0.25) is 0 Å². The van der Waals surface area contributed by atoms with Crippen LogP contribution in [0.5, 0.6) is 5.75 Å². The summed E-state index contributed by atoms with van der Waals surface area (Å²) in [5.41, 5.74) is 3.85. The van der Waals surface area contributed by atoms with E-state index in [-0.39, 0.29) is 18.6 Å². The highest BCUT2D eigenvalue weighted by Crippen LogP contribution is 2.32. The number of pyridine rings is 3. The van der Waals surface area contributed by atoms with Crippen molar-refractivity contribution in [3.63, 3.8) is 0 Å². The van der Waals surface area contributed by atoms with Gasteiger partial charge in [-0.2, -0.15) is 5.10 Å². The molecule has 3 N–H and O–H groups in total. The number of ether oxygens (including phenoxy) is 1. The summed E-state index contributed by atoms with van der Waals surface area (Å²) in [6.45, 7) is 11.2. The molecule has 0 fully saturated rings. The SMILES string of the molecule is Cc1cc(-c2ccn3nc(Nc4cc(C(=O)NC(C)C)cc(C)n4)cc3c2)c(OCC(C)(C)O)cn1. The Kier molecular flexibility index (Phi) is 6.94. The molecule has 188 valence electrons. The number of nitrogens with one attached hydrogen (secondary N) is 2. The van der Waals surface area contributed by atoms with Gasteiger partial charge in [0.25, 0.3) is 5.91 Å². The van der Waals surface area contributed by atoms with Crippen molar-refractivity contribution in [2.24, 2.45) is 0 Å². The van der Waals surface area contributed by atoms with Crippen LogP contribution in [-0.4, -0.2) is 48.8 Å². The van der Waals surface area contributed by atoms with Crippen LogP contribution in [0, 0.1) is 13.8 Å². The maximum atomic E-state index is 12.5. The van der Waals surface area contributed by atoms with E-state index in [4.69, 9.17) is 4.74 Å². The second-order valence-corrected chi connectivity index (χ2v) is 9.87. The van der Waals surface area contributed by atoms with Crippen LogP contribution in [0.25, 0.3) is 16.6 Å². The van der Waals surface area contributed by atoms with Gasteiger partial charge in [-0.25, -0.2) is 9.50 Å². The van der Waals surface area contributed by atoms with E-state index < -0.39 is 5.60 Å². The van der Waals surface area contributed by atoms with Crippen molar-refractivity contribution in [1.29, 1.82) is 0 Å². The lowest BCUT2D eigenvalue weighted by atomic mass is 10.1. The number of nitrogens with zero attached hydrogens (tertiary/aromatic N) is 4. The molecule has 1 amide bonds. The predicted molar refractivity (Wildman–Crippen MR) is 140 cm³/mol. The average Bonchev–Trinajstić information content (AvgIpc) is 3.18. The first-order valence-corrected chi connectivity index (χ1v) is 11.8. The largest absolute Gasteiger partial charge is 0.488 e. The van der Waals surface area contributed by atoms with Gasteiger partial charge in [0, 0.05) is 40.8 Å². The molecule has 4 rings (SSSR count). The van der Waals surface area contributed by atoms with Gasteiger partial charge in [0.05, 0.1) is 17.3 Å². The van der Waals surface area contributed by atoms with Gasteiger partial charge in [0.15, 0.2) is 5.82 Å². The standard InChI is InChI=1S/C27H32N6O3/c1-16(2)29-26(34)20-9-18(4)30-24(12-20)31-25-13-21-11-19(7-8-33(21)32-25)22-10-17(3)28-14-23(22)36-15-27(5,6)35/h7-14,16,35H,15H2,1-6H3,(H,29,34)(H,30,31,32). The topological polar surface area (TPSA) is 114 Å². The molecule has 0 unspecified atom stereocenters. The zero-order valence-electron chi connectivity index (χ0n) is 21.5. The Hall–Kier alpha value is -3.98. The van der Waals surface area contributed by atoms with Crippen LogP contribution in [0.4, 0.5) is 11.6 Å². The number of fused-ring (bicyclic) bond motifs is 1. The summed E-state index contributed by atoms with van der Waals surface area (Å²) in [5, 5.41) is 20.8. The maximum absolute atomic E-state index is 12.5. The fraction of sp³-hybridized carbons (Fsp3) is 0.333. The molecular formula is C27H32N6O3. The Morgan fingerprint density at radius 2 is 1.89 bits per heavy atom. The molecule has 0 aromatic carbocycles. The number of hydrogen-bond donors (Lipinski definition) is 3. The predicted octanol–water partition coefficient (Wildman–Crippen LogP) is 4.44. The fourth-order valence-electron chi connectivity index (χ4n) is 3.71. The molecule has 4 aromatic heterocycles. The van der Waals surface area contributed by atoms with E-state index in [1.807, 2.05) is 58.2 Å². The summed E-state index contributed by atoms with van der Waals surface area (Å²) >= 11 is 0. The number of amides is 1. The molecule has 4 heterocycles. The maximum Gasteiger partial charge on any atom is 0.251 e. The third-order valence-electron chi connectivity index (χ3n) is 5.25. The summed E-state index contributed by atoms with van der Waals surface area (Å²) in [6.07, 6.45) is 3.55. The van der Waals surface area contributed by atoms with Crippen molar-refractivity contribution < 1.29 is 14.6 Å². The van der Waals surface area contributed by atoms with Gasteiger partial charge in [0.1, 0.15) is 18.2 Å². The average molecular weight is 489 g/mol. The number of carbonyl (C=O) groups is 1. The van der Waals surface area contributed by atoms with Gasteiger partial charge in [-0.1, -0.05) is 0 Å². The van der Waals surface area contributed by atoms with Crippen LogP contribution in [0.2, 0.25) is 0 Å². The van der Waals surface area contributed by atoms with E-state index in [1.165, 1.54) is 0 Å². The lowest BCUT2D eigenvalue weighted by molar-refractivity contribution is 0.0286. The van der Waals surface area contributed by atoms with Gasteiger partial charge in [-0.15, -0.1) is 0 Å². The Bertz CT molecular complexity index is 1400. The van der Waals surface area contributed by atoms with E-state index in [0.717, 1.165) is 28.0 Å². The molecule has 0 saturated carbocycles. The van der Waals surface area contributed by atoms with Crippen LogP contribution in [0.1, 0.15) is 49.4 Å². The van der Waals surface area contributed by atoms with Crippen LogP contribution < -0.4 is 15.4 Å². The molecule has 9 heteroatoms. The van der Waals surface area contributed by atoms with Crippen molar-refractivity contribution in [3.8, 4) is 16.9 Å². The lowest BCUT2D eigenvalue weighted by Gasteiger charge is -2.19. The van der Waals surface area contributed by atoms with Gasteiger partial charge in [-0.3, -0.25) is 9.78 Å². The second kappa shape index (κ2) is 9.94. The highest BCUT2D eigenvalue weighted by Gasteiger charge is 2.17. The normalized spacial score (nSPS) is 11.7. The highest BCUT2D eigenvalue weighted by atomic mass is 16.5. The number of rotatable bonds is 8. The molecule has 9 nitrogen and oxygen atoms in total. The monoisotopic (exact) mass is 488 g/mol. The van der Waals surface area contributed by atoms with Crippen molar-refractivity contribution in [2.75, 3.05) is 11.9 Å². The van der Waals surface area contributed by atoms with E-state index in [9.17, 15) is 9.90 Å². The molecule has 4 aromatic rings. The molecule has 36 heavy (non-hydrogen) atoms. The third-order valence-corrected chi connectivity index (χ3v) is 5.25. The number of aromatic nitrogens is 4. The zero-order chi connectivity index (χ0) is 26.0. The Morgan fingerprint density at radius 3 is 2.61 bits per heavy atom. The van der Waals surface area contributed by atoms with Crippen molar-refractivity contribution in [3.05, 3.63) is 65.7 Å². The first-order chi connectivity index (χ1) is 17.0. The number of aryl methyl sites for hydroxylation is 2. The fourth-order valence-corrected chi connectivity index (χ4v) is 3.71. The van der Waals surface area contributed by atoms with E-state index in [2.05, 4.69) is 25.7 Å². The molecule has 0 saturated heterocycles. The van der Waals surface area contributed by atoms with Crippen LogP contribution in [0.15, 0.2) is 48.8 Å². The number of hydrogen-bond acceptors (Lipinski definition) is 7. The molecule has 0 aliphatic carbocycles. The van der Waals surface area contributed by atoms with Crippen molar-refractivity contribution in [2.45, 2.75) is 53.2 Å². The van der Waals surface area contributed by atoms with Gasteiger partial charge < -0.3 is 20.5 Å². The Morgan fingerprint density at radius 1 is 1.11 bits per heavy atom. The number of carbonyl (C=O) groups excluding carboxylic acids is 1. The van der Waals surface area contributed by atoms with Crippen LogP contribution >= 0.6 is 0 Å². The van der Waals surface area contributed by atoms with E-state index >= 15 is 0 Å². The Labute approximate surface area is 210 Å². The molecule has 0 spiro atoms. The molecule has 0 bridgehead atoms. The summed E-state index contributed by atoms with van der Waals surface area (Å²) in [6, 6.07) is 11.3. The zero-order valence-corrected chi connectivity index (χ0v) is 21.5. The minimum absolute atomic E-state index is 0.0419. The summed E-state index contributed by atoms with van der Waals surface area (Å²) in [4.78, 5) is 21.3. The van der Waals surface area contributed by atoms with Crippen molar-refractivity contribution >= 4 is 23.1 Å². The highest BCUT2D eigenvalue weighted by molar-refractivity contribution is 5.95. The summed E-state index contributed by atoms with van der Waals surface area (Å²) in [7, 11) is 0. The quantitative estimate of drug-likeness (QED) is 0.336. The van der Waals surface area contributed by atoms with Crippen LogP contribution in [-0.2, 0) is 0 Å². The third kappa shape index (κ3) is 6.17. The summed E-state index contributed by atoms with van der Waals surface area (Å²) in [5.74, 6) is 1.60. The first kappa shape index (κ1) is 25.1. The smallest absolute Gasteiger partial charge is 0.251 e. The Balaban J connectivity index is 1.62. The van der Waals surface area contributed by atoms with E-state index in [0.29, 0.717) is 22.9 Å². The molecular weight excluding hydrogens is 456 g/mol. The number of anilines is 2. The number of aliphatic hydroxyl groups is 1. The molecule has 0 aliphatic rings. The summed E-state index contributed by atoms with van der Waals surface area (Å²) < 4.78 is 7.65. The second-order valence-electron chi connectivity index (χ2n) is 9.87. The van der Waals surface area contributed by atoms with Crippen molar-refractivity contribution in [1.82, 2.24) is 24.9 Å². The van der Waals surface area contributed by atoms with Gasteiger partial charge in [-0.05, 0) is 77.4 Å².